The van der Waals surface area contributed by atoms with Crippen molar-refractivity contribution < 1.29 is 4.79 Å². The van der Waals surface area contributed by atoms with Crippen LogP contribution in [-0.4, -0.2) is 30.9 Å². The van der Waals surface area contributed by atoms with Crippen LogP contribution in [-0.2, 0) is 4.79 Å². The topological polar surface area (TPSA) is 72.3 Å². The molecule has 2 atom stereocenters. The maximum absolute atomic E-state index is 11.4. The maximum Gasteiger partial charge on any atom is 0.222 e. The van der Waals surface area contributed by atoms with E-state index in [0.717, 1.165) is 24.3 Å². The molecule has 0 saturated carbocycles. The molecule has 4 heteroatoms. The van der Waals surface area contributed by atoms with Crippen LogP contribution in [0.25, 0.3) is 0 Å². The Labute approximate surface area is 95.2 Å². The van der Waals surface area contributed by atoms with Crippen molar-refractivity contribution in [2.24, 2.45) is 11.7 Å². The number of hydrogen-bond donors (Lipinski definition) is 2. The molecule has 4 nitrogen and oxygen atoms in total. The van der Waals surface area contributed by atoms with Gasteiger partial charge in [-0.05, 0) is 24.7 Å². The molecule has 1 amide bonds. The average Bonchev–Trinajstić information content (AvgIpc) is 2.61. The van der Waals surface area contributed by atoms with Crippen LogP contribution in [0.2, 0.25) is 0 Å². The summed E-state index contributed by atoms with van der Waals surface area (Å²) in [7, 11) is 2.01. The number of primary amides is 1. The molecule has 1 aromatic rings. The normalized spacial score (nSPS) is 25.8. The molecule has 4 N–H and O–H groups in total. The summed E-state index contributed by atoms with van der Waals surface area (Å²) in [6, 6.07) is 7.70. The first kappa shape index (κ1) is 11.0. The fourth-order valence-electron chi connectivity index (χ4n) is 2.37. The van der Waals surface area contributed by atoms with Crippen molar-refractivity contribution in [3.63, 3.8) is 0 Å². The fourth-order valence-corrected chi connectivity index (χ4v) is 2.37. The van der Waals surface area contributed by atoms with Gasteiger partial charge in [-0.2, -0.15) is 0 Å². The average molecular weight is 219 g/mol. The van der Waals surface area contributed by atoms with Gasteiger partial charge in [0.25, 0.3) is 0 Å². The predicted octanol–water partition coefficient (Wildman–Crippen LogP) is 0.399. The zero-order valence-electron chi connectivity index (χ0n) is 9.39. The first-order chi connectivity index (χ1) is 7.58. The molecule has 1 saturated heterocycles. The summed E-state index contributed by atoms with van der Waals surface area (Å²) < 4.78 is 0. The van der Waals surface area contributed by atoms with Gasteiger partial charge in [-0.15, -0.1) is 0 Å². The highest BCUT2D eigenvalue weighted by atomic mass is 16.1. The van der Waals surface area contributed by atoms with Crippen molar-refractivity contribution >= 4 is 11.6 Å². The van der Waals surface area contributed by atoms with Gasteiger partial charge in [0.05, 0.1) is 5.92 Å². The number of nitrogens with zero attached hydrogens (tertiary/aromatic N) is 1. The van der Waals surface area contributed by atoms with Gasteiger partial charge in [0.15, 0.2) is 0 Å². The van der Waals surface area contributed by atoms with Crippen LogP contribution in [0.5, 0.6) is 0 Å². The number of nitrogen functional groups attached to an aromatic ring is 1. The Morgan fingerprint density at radius 1 is 1.31 bits per heavy atom. The number of rotatable bonds is 2. The summed E-state index contributed by atoms with van der Waals surface area (Å²) in [5, 5.41) is 0. The third-order valence-corrected chi connectivity index (χ3v) is 3.23. The summed E-state index contributed by atoms with van der Waals surface area (Å²) in [6.07, 6.45) is 0. The van der Waals surface area contributed by atoms with Gasteiger partial charge < -0.3 is 16.4 Å². The lowest BCUT2D eigenvalue weighted by atomic mass is 9.88. The molecule has 1 heterocycles. The number of carbonyl (C=O) groups is 1. The lowest BCUT2D eigenvalue weighted by Gasteiger charge is -2.15. The summed E-state index contributed by atoms with van der Waals surface area (Å²) in [4.78, 5) is 13.5. The number of nitrogens with two attached hydrogens (primary N) is 2. The standard InChI is InChI=1S/C12H17N3O/c1-15-6-10(11(7-15)12(14)16)8-2-4-9(13)5-3-8/h2-5,10-11H,6-7,13H2,1H3,(H2,14,16)/t10-,11+/m1/s1. The van der Waals surface area contributed by atoms with E-state index in [2.05, 4.69) is 4.90 Å². The van der Waals surface area contributed by atoms with E-state index in [9.17, 15) is 4.79 Å². The Morgan fingerprint density at radius 3 is 2.50 bits per heavy atom. The summed E-state index contributed by atoms with van der Waals surface area (Å²) in [5.41, 5.74) is 13.0. The lowest BCUT2D eigenvalue weighted by Crippen LogP contribution is -2.28. The van der Waals surface area contributed by atoms with Crippen LogP contribution in [0.15, 0.2) is 24.3 Å². The van der Waals surface area contributed by atoms with E-state index in [-0.39, 0.29) is 17.7 Å². The number of likely N-dealkylation sites (tertiary alicyclic amines) is 1. The highest BCUT2D eigenvalue weighted by molar-refractivity contribution is 5.78. The van der Waals surface area contributed by atoms with Crippen LogP contribution in [0.3, 0.4) is 0 Å². The van der Waals surface area contributed by atoms with Crippen molar-refractivity contribution in [2.45, 2.75) is 5.92 Å². The summed E-state index contributed by atoms with van der Waals surface area (Å²) in [5.74, 6) is -0.108. The molecule has 2 rings (SSSR count). The van der Waals surface area contributed by atoms with E-state index >= 15 is 0 Å². The minimum Gasteiger partial charge on any atom is -0.399 e. The quantitative estimate of drug-likeness (QED) is 0.707. The molecule has 0 spiro atoms. The Bertz CT molecular complexity index is 388. The maximum atomic E-state index is 11.4. The molecule has 86 valence electrons. The molecule has 1 aliphatic rings. The Balaban J connectivity index is 2.25. The molecule has 1 aliphatic heterocycles. The predicted molar refractivity (Wildman–Crippen MR) is 63.8 cm³/mol. The van der Waals surface area contributed by atoms with Gasteiger partial charge in [0.2, 0.25) is 5.91 Å². The summed E-state index contributed by atoms with van der Waals surface area (Å²) in [6.45, 7) is 1.61. The van der Waals surface area contributed by atoms with Crippen LogP contribution in [0, 0.1) is 5.92 Å². The zero-order valence-corrected chi connectivity index (χ0v) is 9.39. The second-order valence-corrected chi connectivity index (χ2v) is 4.50. The minimum absolute atomic E-state index is 0.0892. The van der Waals surface area contributed by atoms with Gasteiger partial charge in [-0.1, -0.05) is 12.1 Å². The first-order valence-electron chi connectivity index (χ1n) is 5.41. The fraction of sp³-hybridized carbons (Fsp3) is 0.417. The summed E-state index contributed by atoms with van der Waals surface area (Å²) >= 11 is 0. The number of anilines is 1. The van der Waals surface area contributed by atoms with Gasteiger partial charge in [-0.25, -0.2) is 0 Å². The molecule has 0 unspecified atom stereocenters. The first-order valence-corrected chi connectivity index (χ1v) is 5.41. The second kappa shape index (κ2) is 4.14. The molecule has 0 bridgehead atoms. The van der Waals surface area contributed by atoms with Gasteiger partial charge >= 0.3 is 0 Å². The van der Waals surface area contributed by atoms with Gasteiger partial charge in [0.1, 0.15) is 0 Å². The van der Waals surface area contributed by atoms with Crippen LogP contribution >= 0.6 is 0 Å². The van der Waals surface area contributed by atoms with Gasteiger partial charge in [-0.3, -0.25) is 4.79 Å². The molecule has 1 aromatic carbocycles. The third-order valence-electron chi connectivity index (χ3n) is 3.23. The van der Waals surface area contributed by atoms with E-state index in [1.54, 1.807) is 0 Å². The van der Waals surface area contributed by atoms with E-state index in [1.807, 2.05) is 31.3 Å². The number of amides is 1. The Kier molecular flexibility index (Phi) is 2.83. The van der Waals surface area contributed by atoms with Crippen LogP contribution in [0.4, 0.5) is 5.69 Å². The monoisotopic (exact) mass is 219 g/mol. The number of carbonyl (C=O) groups excluding carboxylic acids is 1. The number of benzene rings is 1. The van der Waals surface area contributed by atoms with Crippen molar-refractivity contribution in [1.29, 1.82) is 0 Å². The van der Waals surface area contributed by atoms with E-state index in [4.69, 9.17) is 11.5 Å². The molecule has 16 heavy (non-hydrogen) atoms. The van der Waals surface area contributed by atoms with Crippen molar-refractivity contribution in [2.75, 3.05) is 25.9 Å². The van der Waals surface area contributed by atoms with Crippen molar-refractivity contribution in [3.05, 3.63) is 29.8 Å². The molecule has 0 aromatic heterocycles. The number of likely N-dealkylation sites (N-methyl/N-ethyl adjacent to an activating group) is 1. The number of hydrogen-bond acceptors (Lipinski definition) is 3. The van der Waals surface area contributed by atoms with E-state index in [0.29, 0.717) is 0 Å². The SMILES string of the molecule is CN1C[C@H](C(N)=O)[C@@H](c2ccc(N)cc2)C1. The van der Waals surface area contributed by atoms with Crippen molar-refractivity contribution in [3.8, 4) is 0 Å². The smallest absolute Gasteiger partial charge is 0.222 e. The lowest BCUT2D eigenvalue weighted by molar-refractivity contribution is -0.121. The highest BCUT2D eigenvalue weighted by Crippen LogP contribution is 2.31. The zero-order chi connectivity index (χ0) is 11.7. The van der Waals surface area contributed by atoms with E-state index in [1.165, 1.54) is 0 Å². The highest BCUT2D eigenvalue weighted by Gasteiger charge is 2.35. The Morgan fingerprint density at radius 2 is 1.94 bits per heavy atom. The third kappa shape index (κ3) is 2.02. The second-order valence-electron chi connectivity index (χ2n) is 4.50. The largest absolute Gasteiger partial charge is 0.399 e. The molecule has 0 radical (unpaired) electrons. The van der Waals surface area contributed by atoms with E-state index < -0.39 is 0 Å². The van der Waals surface area contributed by atoms with Crippen molar-refractivity contribution in [1.82, 2.24) is 4.90 Å². The Hall–Kier alpha value is -1.55. The molecule has 0 aliphatic carbocycles. The van der Waals surface area contributed by atoms with Gasteiger partial charge in [0, 0.05) is 24.7 Å². The van der Waals surface area contributed by atoms with Crippen LogP contribution in [0.1, 0.15) is 11.5 Å². The molecular weight excluding hydrogens is 202 g/mol. The van der Waals surface area contributed by atoms with Crippen LogP contribution < -0.4 is 11.5 Å². The molecular formula is C12H17N3O. The minimum atomic E-state index is -0.217. The molecule has 1 fully saturated rings.